The Hall–Kier alpha value is -1.89. The van der Waals surface area contributed by atoms with Crippen LogP contribution in [0, 0.1) is 6.92 Å². The number of hydrogen-bond acceptors (Lipinski definition) is 7. The maximum atomic E-state index is 14.4. The van der Waals surface area contributed by atoms with E-state index < -0.39 is 62.2 Å². The minimum Gasteiger partial charge on any atom is -0.480 e. The summed E-state index contributed by atoms with van der Waals surface area (Å²) in [5, 5.41) is 20.5. The van der Waals surface area contributed by atoms with Crippen LogP contribution in [0.1, 0.15) is 18.7 Å². The number of nitrogens with one attached hydrogen (secondary N) is 2. The molecule has 1 fully saturated rings. The second-order valence-electron chi connectivity index (χ2n) is 5.98. The molecule has 2 rings (SSSR count). The largest absolute Gasteiger partial charge is 0.480 e. The van der Waals surface area contributed by atoms with Gasteiger partial charge in [-0.2, -0.15) is 0 Å². The number of aliphatic hydroxyl groups excluding tert-OH is 1. The molecule has 152 valence electrons. The van der Waals surface area contributed by atoms with E-state index in [0.29, 0.717) is 0 Å². The van der Waals surface area contributed by atoms with E-state index in [9.17, 15) is 33.3 Å². The van der Waals surface area contributed by atoms with Crippen molar-refractivity contribution in [2.45, 2.75) is 44.5 Å². The van der Waals surface area contributed by atoms with Gasteiger partial charge in [-0.1, -0.05) is 0 Å². The van der Waals surface area contributed by atoms with E-state index in [1.165, 1.54) is 6.92 Å². The zero-order valence-corrected chi connectivity index (χ0v) is 15.1. The molecule has 1 saturated heterocycles. The van der Waals surface area contributed by atoms with Crippen molar-refractivity contribution in [2.24, 2.45) is 0 Å². The summed E-state index contributed by atoms with van der Waals surface area (Å²) in [4.78, 5) is 45.5. The van der Waals surface area contributed by atoms with Gasteiger partial charge in [-0.15, -0.1) is 0 Å². The summed E-state index contributed by atoms with van der Waals surface area (Å²) in [5.74, 6) is -1.40. The number of carboxylic acid groups (broad SMARTS) is 1. The van der Waals surface area contributed by atoms with Gasteiger partial charge in [-0.3, -0.25) is 23.7 Å². The molecule has 0 bridgehead atoms. The lowest BCUT2D eigenvalue weighted by atomic mass is 10.1. The van der Waals surface area contributed by atoms with Gasteiger partial charge in [-0.25, -0.2) is 18.8 Å². The molecule has 0 saturated carbocycles. The number of aliphatic hydroxyl groups is 1. The molecule has 0 spiro atoms. The van der Waals surface area contributed by atoms with Crippen LogP contribution in [0.25, 0.3) is 0 Å². The Morgan fingerprint density at radius 3 is 2.78 bits per heavy atom. The van der Waals surface area contributed by atoms with E-state index in [-0.39, 0.29) is 5.56 Å². The summed E-state index contributed by atoms with van der Waals surface area (Å²) in [6.45, 7) is 1.72. The number of aromatic nitrogens is 2. The van der Waals surface area contributed by atoms with Crippen molar-refractivity contribution in [1.82, 2.24) is 14.6 Å². The zero-order chi connectivity index (χ0) is 20.5. The van der Waals surface area contributed by atoms with Crippen molar-refractivity contribution >= 4 is 13.7 Å². The van der Waals surface area contributed by atoms with Crippen LogP contribution in [-0.2, 0) is 18.6 Å². The number of carbonyl (C=O) groups is 1. The SMILES string of the molecule is Cc1cn(C2O[C@@H](COP(=O)(O)N[C@@H](C)C(=O)O)[C@H](O)[C@H]2F)c(=O)[nH]c1=O. The maximum Gasteiger partial charge on any atom is 0.403 e. The van der Waals surface area contributed by atoms with E-state index in [2.05, 4.69) is 4.52 Å². The number of halogens is 1. The van der Waals surface area contributed by atoms with Gasteiger partial charge >= 0.3 is 19.4 Å². The second kappa shape index (κ2) is 8.00. The number of alkyl halides is 1. The van der Waals surface area contributed by atoms with Gasteiger partial charge in [0.2, 0.25) is 0 Å². The van der Waals surface area contributed by atoms with Crippen molar-refractivity contribution < 1.29 is 38.1 Å². The van der Waals surface area contributed by atoms with Crippen LogP contribution < -0.4 is 16.3 Å². The van der Waals surface area contributed by atoms with Crippen LogP contribution in [0.3, 0.4) is 0 Å². The van der Waals surface area contributed by atoms with Gasteiger partial charge in [0, 0.05) is 11.8 Å². The van der Waals surface area contributed by atoms with Crippen molar-refractivity contribution in [3.63, 3.8) is 0 Å². The fourth-order valence-corrected chi connectivity index (χ4v) is 3.38. The third-order valence-electron chi connectivity index (χ3n) is 3.85. The number of aliphatic carboxylic acids is 1. The lowest BCUT2D eigenvalue weighted by molar-refractivity contribution is -0.138. The van der Waals surface area contributed by atoms with Crippen LogP contribution in [0.5, 0.6) is 0 Å². The molecule has 14 heteroatoms. The fraction of sp³-hybridized carbons (Fsp3) is 0.615. The average molecular weight is 411 g/mol. The van der Waals surface area contributed by atoms with Crippen LogP contribution in [-0.4, -0.2) is 61.7 Å². The summed E-state index contributed by atoms with van der Waals surface area (Å²) >= 11 is 0. The predicted octanol–water partition coefficient (Wildman–Crippen LogP) is -1.38. The molecule has 0 aromatic carbocycles. The molecule has 5 N–H and O–H groups in total. The monoisotopic (exact) mass is 411 g/mol. The third kappa shape index (κ3) is 4.89. The summed E-state index contributed by atoms with van der Waals surface area (Å²) < 4.78 is 36.8. The van der Waals surface area contributed by atoms with Crippen LogP contribution in [0.15, 0.2) is 15.8 Å². The quantitative estimate of drug-likeness (QED) is 0.336. The van der Waals surface area contributed by atoms with E-state index in [1.54, 1.807) is 0 Å². The first-order valence-corrected chi connectivity index (χ1v) is 9.28. The van der Waals surface area contributed by atoms with Gasteiger partial charge in [0.15, 0.2) is 12.4 Å². The highest BCUT2D eigenvalue weighted by Crippen LogP contribution is 2.40. The highest BCUT2D eigenvalue weighted by Gasteiger charge is 2.46. The molecule has 0 amide bonds. The highest BCUT2D eigenvalue weighted by atomic mass is 31.2. The smallest absolute Gasteiger partial charge is 0.403 e. The van der Waals surface area contributed by atoms with Crippen LogP contribution in [0.4, 0.5) is 4.39 Å². The molecule has 1 aromatic heterocycles. The van der Waals surface area contributed by atoms with Crippen LogP contribution in [0.2, 0.25) is 0 Å². The van der Waals surface area contributed by atoms with E-state index in [4.69, 9.17) is 9.84 Å². The maximum absolute atomic E-state index is 14.4. The number of hydrogen-bond donors (Lipinski definition) is 5. The van der Waals surface area contributed by atoms with Crippen LogP contribution >= 0.6 is 7.75 Å². The first-order chi connectivity index (χ1) is 12.4. The molecule has 2 heterocycles. The summed E-state index contributed by atoms with van der Waals surface area (Å²) in [6, 6.07) is -1.40. The van der Waals surface area contributed by atoms with Gasteiger partial charge in [0.05, 0.1) is 6.61 Å². The zero-order valence-electron chi connectivity index (χ0n) is 14.2. The average Bonchev–Trinajstić information content (AvgIpc) is 2.84. The molecule has 1 aliphatic heterocycles. The lowest BCUT2D eigenvalue weighted by Crippen LogP contribution is -2.37. The van der Waals surface area contributed by atoms with Crippen molar-refractivity contribution in [1.29, 1.82) is 0 Å². The summed E-state index contributed by atoms with van der Waals surface area (Å²) in [5.41, 5.74) is -1.52. The Morgan fingerprint density at radius 2 is 2.19 bits per heavy atom. The van der Waals surface area contributed by atoms with Gasteiger partial charge in [0.25, 0.3) is 5.56 Å². The van der Waals surface area contributed by atoms with Gasteiger partial charge in [-0.05, 0) is 13.8 Å². The molecule has 0 aliphatic carbocycles. The third-order valence-corrected chi connectivity index (χ3v) is 5.07. The molecule has 2 unspecified atom stereocenters. The molecule has 0 radical (unpaired) electrons. The molecule has 1 aliphatic rings. The van der Waals surface area contributed by atoms with E-state index in [0.717, 1.165) is 17.7 Å². The molecule has 12 nitrogen and oxygen atoms in total. The number of ether oxygens (including phenoxy) is 1. The Morgan fingerprint density at radius 1 is 1.56 bits per heavy atom. The Kier molecular flexibility index (Phi) is 6.35. The molecular weight excluding hydrogens is 392 g/mol. The Balaban J connectivity index is 2.10. The standard InChI is InChI=1S/C13H19FN3O9P/c1-5-3-17(13(22)15-10(5)19)11-8(14)9(18)7(26-11)4-25-27(23,24)16-6(2)12(20)21/h3,6-9,11,18H,4H2,1-2H3,(H,20,21)(H,15,19,22)(H2,16,23,24)/t6-,7-,8+,9-,11?/m0/s1. The molecule has 27 heavy (non-hydrogen) atoms. The predicted molar refractivity (Wildman–Crippen MR) is 86.9 cm³/mol. The highest BCUT2D eigenvalue weighted by molar-refractivity contribution is 7.50. The summed E-state index contributed by atoms with van der Waals surface area (Å²) in [6.07, 6.45) is -5.86. The number of rotatable bonds is 7. The van der Waals surface area contributed by atoms with E-state index >= 15 is 0 Å². The number of H-pyrrole nitrogens is 1. The molecule has 1 aromatic rings. The topological polar surface area (TPSA) is 180 Å². The number of aromatic amines is 1. The minimum atomic E-state index is -4.58. The van der Waals surface area contributed by atoms with Crippen molar-refractivity contribution in [3.8, 4) is 0 Å². The van der Waals surface area contributed by atoms with Gasteiger partial charge in [0.1, 0.15) is 18.2 Å². The first-order valence-electron chi connectivity index (χ1n) is 7.70. The Labute approximate surface area is 151 Å². The normalized spacial score (nSPS) is 28.6. The molecule has 6 atom stereocenters. The number of aryl methyl sites for hydroxylation is 1. The van der Waals surface area contributed by atoms with Crippen molar-refractivity contribution in [3.05, 3.63) is 32.6 Å². The van der Waals surface area contributed by atoms with Gasteiger partial charge < -0.3 is 19.8 Å². The number of nitrogens with zero attached hydrogens (tertiary/aromatic N) is 1. The first kappa shape index (κ1) is 21.4. The fourth-order valence-electron chi connectivity index (χ4n) is 2.35. The lowest BCUT2D eigenvalue weighted by Gasteiger charge is -2.19. The molecular formula is C13H19FN3O9P. The van der Waals surface area contributed by atoms with E-state index in [1.807, 2.05) is 10.1 Å². The number of carboxylic acids is 1. The second-order valence-corrected chi connectivity index (χ2v) is 7.54. The Bertz CT molecular complexity index is 871. The van der Waals surface area contributed by atoms with Crippen molar-refractivity contribution in [2.75, 3.05) is 6.61 Å². The summed E-state index contributed by atoms with van der Waals surface area (Å²) in [7, 11) is -4.58. The minimum absolute atomic E-state index is 0.103.